The van der Waals surface area contributed by atoms with E-state index in [9.17, 15) is 15.1 Å². The SMILES string of the molecule is CO[C@@H]1OC(COC(C)=O)[C@@H](O[C@@H]2OC(C)[C@H](O[C@@H]3OC(COC(C)=O)[C@@H](O[C@@H]4OC(Cc5ccccc5)[C@@H](C)[C@@H](OCc5ccccc5)C4C)[C@H](C)C3N=[N+]=[N-])[C@@H](OCc3ccccc3)C2C)[C@H](C)C1C. The van der Waals surface area contributed by atoms with Crippen molar-refractivity contribution in [3.8, 4) is 0 Å². The molecule has 4 fully saturated rings. The van der Waals surface area contributed by atoms with Gasteiger partial charge in [0.15, 0.2) is 25.2 Å². The van der Waals surface area contributed by atoms with Gasteiger partial charge in [-0.25, -0.2) is 0 Å². The van der Waals surface area contributed by atoms with E-state index in [0.29, 0.717) is 13.0 Å². The minimum absolute atomic E-state index is 0.00773. The third kappa shape index (κ3) is 13.8. The maximum atomic E-state index is 12.5. The molecule has 0 spiro atoms. The summed E-state index contributed by atoms with van der Waals surface area (Å²) in [6.07, 6.45) is -8.20. The lowest BCUT2D eigenvalue weighted by molar-refractivity contribution is -0.363. The zero-order chi connectivity index (χ0) is 51.5. The number of hydrogen-bond donors (Lipinski definition) is 0. The highest BCUT2D eigenvalue weighted by molar-refractivity contribution is 5.66. The van der Waals surface area contributed by atoms with Crippen LogP contribution in [0.2, 0.25) is 0 Å². The fourth-order valence-corrected chi connectivity index (χ4v) is 10.6. The first-order valence-corrected chi connectivity index (χ1v) is 25.4. The van der Waals surface area contributed by atoms with Crippen molar-refractivity contribution in [3.05, 3.63) is 118 Å². The predicted octanol–water partition coefficient (Wildman–Crippen LogP) is 8.74. The highest BCUT2D eigenvalue weighted by Crippen LogP contribution is 2.42. The molecule has 0 bridgehead atoms. The molecule has 0 N–H and O–H groups in total. The number of methoxy groups -OCH3 is 1. The molecule has 4 aliphatic heterocycles. The molecule has 0 aromatic heterocycles. The van der Waals surface area contributed by atoms with Crippen LogP contribution in [0.1, 0.15) is 79.0 Å². The summed E-state index contributed by atoms with van der Waals surface area (Å²) in [6.45, 7) is 17.2. The number of carbonyl (C=O) groups is 2. The van der Waals surface area contributed by atoms with Crippen molar-refractivity contribution in [2.45, 2.75) is 168 Å². The van der Waals surface area contributed by atoms with Crippen molar-refractivity contribution in [2.75, 3.05) is 20.3 Å². The molecule has 394 valence electrons. The van der Waals surface area contributed by atoms with E-state index >= 15 is 0 Å². The highest BCUT2D eigenvalue weighted by atomic mass is 16.8. The maximum absolute atomic E-state index is 12.5. The minimum atomic E-state index is -1.16. The number of carbonyl (C=O) groups excluding carboxylic acids is 2. The molecule has 4 aliphatic rings. The Labute approximate surface area is 424 Å². The van der Waals surface area contributed by atoms with E-state index in [1.807, 2.05) is 107 Å². The number of esters is 2. The van der Waals surface area contributed by atoms with E-state index in [1.54, 1.807) is 7.11 Å². The van der Waals surface area contributed by atoms with Gasteiger partial charge in [-0.05, 0) is 47.4 Å². The molecule has 72 heavy (non-hydrogen) atoms. The van der Waals surface area contributed by atoms with Crippen molar-refractivity contribution in [1.82, 2.24) is 0 Å². The van der Waals surface area contributed by atoms with Crippen molar-refractivity contribution in [2.24, 2.45) is 40.6 Å². The minimum Gasteiger partial charge on any atom is -0.463 e. The van der Waals surface area contributed by atoms with Crippen LogP contribution in [0, 0.1) is 35.5 Å². The summed E-state index contributed by atoms with van der Waals surface area (Å²) in [5.74, 6) is -2.37. The molecule has 4 heterocycles. The molecule has 8 unspecified atom stereocenters. The summed E-state index contributed by atoms with van der Waals surface area (Å²) >= 11 is 0. The van der Waals surface area contributed by atoms with Gasteiger partial charge in [0.2, 0.25) is 0 Å². The summed E-state index contributed by atoms with van der Waals surface area (Å²) < 4.78 is 78.0. The van der Waals surface area contributed by atoms with Crippen LogP contribution >= 0.6 is 0 Å². The molecule has 0 radical (unpaired) electrons. The van der Waals surface area contributed by atoms with E-state index in [-0.39, 0.29) is 55.7 Å². The second kappa shape index (κ2) is 26.1. The monoisotopic (exact) mass is 1000 g/mol. The number of ether oxygens (including phenoxy) is 12. The van der Waals surface area contributed by atoms with Gasteiger partial charge in [-0.3, -0.25) is 9.59 Å². The molecule has 0 saturated carbocycles. The Bertz CT molecular complexity index is 2190. The Hall–Kier alpha value is -4.49. The molecular formula is C55H75N3O14. The molecule has 3 aromatic rings. The third-order valence-corrected chi connectivity index (χ3v) is 15.0. The average Bonchev–Trinajstić information content (AvgIpc) is 3.37. The predicted molar refractivity (Wildman–Crippen MR) is 263 cm³/mol. The first-order chi connectivity index (χ1) is 34.7. The van der Waals surface area contributed by atoms with Crippen LogP contribution in [-0.2, 0) is 86.1 Å². The molecule has 17 nitrogen and oxygen atoms in total. The maximum Gasteiger partial charge on any atom is 0.302 e. The van der Waals surface area contributed by atoms with Crippen LogP contribution in [0.5, 0.6) is 0 Å². The number of nitrogens with zero attached hydrogens (tertiary/aromatic N) is 3. The van der Waals surface area contributed by atoms with Crippen LogP contribution in [0.4, 0.5) is 0 Å². The van der Waals surface area contributed by atoms with E-state index in [2.05, 4.69) is 42.9 Å². The van der Waals surface area contributed by atoms with Gasteiger partial charge in [-0.1, -0.05) is 138 Å². The number of hydrogen-bond acceptors (Lipinski definition) is 15. The van der Waals surface area contributed by atoms with Gasteiger partial charge in [-0.2, -0.15) is 0 Å². The summed E-state index contributed by atoms with van der Waals surface area (Å²) in [4.78, 5) is 27.7. The van der Waals surface area contributed by atoms with Crippen molar-refractivity contribution in [3.63, 3.8) is 0 Å². The lowest BCUT2D eigenvalue weighted by Gasteiger charge is -2.51. The topological polar surface area (TPSA) is 194 Å². The summed E-state index contributed by atoms with van der Waals surface area (Å²) in [6, 6.07) is 29.1. The molecule has 0 aliphatic carbocycles. The first kappa shape index (κ1) is 55.3. The fraction of sp³-hybridized carbons (Fsp3) is 0.636. The molecule has 20 atom stereocenters. The zero-order valence-electron chi connectivity index (χ0n) is 43.3. The van der Waals surface area contributed by atoms with Crippen LogP contribution in [-0.4, -0.2) is 118 Å². The Morgan fingerprint density at radius 1 is 0.514 bits per heavy atom. The Balaban J connectivity index is 1.15. The van der Waals surface area contributed by atoms with Gasteiger partial charge in [0, 0.05) is 49.5 Å². The number of benzene rings is 3. The van der Waals surface area contributed by atoms with Crippen molar-refractivity contribution >= 4 is 11.9 Å². The van der Waals surface area contributed by atoms with Gasteiger partial charge in [0.05, 0.1) is 55.9 Å². The second-order valence-electron chi connectivity index (χ2n) is 20.0. The van der Waals surface area contributed by atoms with E-state index < -0.39 is 97.7 Å². The summed E-state index contributed by atoms with van der Waals surface area (Å²) in [7, 11) is 1.59. The second-order valence-corrected chi connectivity index (χ2v) is 20.0. The van der Waals surface area contributed by atoms with Crippen LogP contribution in [0.25, 0.3) is 10.4 Å². The van der Waals surface area contributed by atoms with Crippen LogP contribution in [0.3, 0.4) is 0 Å². The average molecular weight is 1000 g/mol. The standard InChI is InChI=1S/C55H75N3O14/c1-31-32(2)52(61-10)68-44(29-62-38(8)59)48(31)70-53-36(6)50(65-28-42-24-18-13-19-25-42)51(37(7)66-53)72-55-46(57-58-56)34(4)49(45(69-55)30-63-39(9)60)71-54-35(5)47(64-27-41-22-16-12-17-23-41)33(3)43(67-54)26-40-20-14-11-15-21-40/h11-25,31-37,43-55H,26-30H2,1-10H3/t31-,32?,33-,34-,35?,36?,37?,43?,44?,45?,46?,47-,48+,49+,50+,51+,52-,53+,54+,55+/m1/s1. The van der Waals surface area contributed by atoms with Gasteiger partial charge >= 0.3 is 11.9 Å². The first-order valence-electron chi connectivity index (χ1n) is 25.4. The molecule has 4 saturated heterocycles. The smallest absolute Gasteiger partial charge is 0.302 e. The molecule has 7 rings (SSSR count). The van der Waals surface area contributed by atoms with E-state index in [4.69, 9.17) is 56.8 Å². The van der Waals surface area contributed by atoms with Crippen LogP contribution < -0.4 is 0 Å². The highest BCUT2D eigenvalue weighted by Gasteiger charge is 2.54. The Morgan fingerprint density at radius 2 is 0.972 bits per heavy atom. The number of rotatable bonds is 20. The van der Waals surface area contributed by atoms with Gasteiger partial charge in [-0.15, -0.1) is 0 Å². The zero-order valence-corrected chi connectivity index (χ0v) is 43.3. The molecule has 17 heteroatoms. The van der Waals surface area contributed by atoms with Crippen LogP contribution in [0.15, 0.2) is 96.1 Å². The molecular weight excluding hydrogens is 927 g/mol. The summed E-state index contributed by atoms with van der Waals surface area (Å²) in [5, 5.41) is 4.30. The quantitative estimate of drug-likeness (QED) is 0.0451. The van der Waals surface area contributed by atoms with E-state index in [0.717, 1.165) is 16.7 Å². The Morgan fingerprint density at radius 3 is 1.50 bits per heavy atom. The normalized spacial score (nSPS) is 37.0. The lowest BCUT2D eigenvalue weighted by Crippen LogP contribution is -2.63. The summed E-state index contributed by atoms with van der Waals surface area (Å²) in [5.41, 5.74) is 13.2. The number of azide groups is 1. The third-order valence-electron chi connectivity index (χ3n) is 15.0. The van der Waals surface area contributed by atoms with Gasteiger partial charge in [0.1, 0.15) is 31.5 Å². The van der Waals surface area contributed by atoms with Crippen molar-refractivity contribution in [1.29, 1.82) is 0 Å². The van der Waals surface area contributed by atoms with Gasteiger partial charge < -0.3 is 56.8 Å². The van der Waals surface area contributed by atoms with E-state index in [1.165, 1.54) is 13.8 Å². The largest absolute Gasteiger partial charge is 0.463 e. The lowest BCUT2D eigenvalue weighted by atomic mass is 9.82. The molecule has 0 amide bonds. The van der Waals surface area contributed by atoms with Crippen molar-refractivity contribution < 1.29 is 66.4 Å². The fourth-order valence-electron chi connectivity index (χ4n) is 10.6. The van der Waals surface area contributed by atoms with Gasteiger partial charge in [0.25, 0.3) is 0 Å². The molecule has 3 aromatic carbocycles. The Kier molecular flexibility index (Phi) is 20.1.